The molecule has 0 aromatic heterocycles. The summed E-state index contributed by atoms with van der Waals surface area (Å²) >= 11 is 0. The summed E-state index contributed by atoms with van der Waals surface area (Å²) in [6.07, 6.45) is 111. The van der Waals surface area contributed by atoms with Crippen LogP contribution in [0.4, 0.5) is 0 Å². The topological polar surface area (TPSA) is 270 Å². The molecule has 1 amide bonds. The van der Waals surface area contributed by atoms with Crippen LogP contribution in [0.3, 0.4) is 0 Å². The third-order valence-corrected chi connectivity index (χ3v) is 24.3. The summed E-state index contributed by atoms with van der Waals surface area (Å²) < 4.78 is 29.6. The molecule has 1 unspecified atom stereocenters. The molecule has 0 saturated carbocycles. The van der Waals surface area contributed by atoms with Gasteiger partial charge in [-0.1, -0.05) is 549 Å². The predicted molar refractivity (Wildman–Crippen MR) is 522 cm³/mol. The van der Waals surface area contributed by atoms with Crippen LogP contribution in [0.25, 0.3) is 0 Å². The van der Waals surface area contributed by atoms with Gasteiger partial charge in [-0.3, -0.25) is 28.5 Å². The van der Waals surface area contributed by atoms with Crippen LogP contribution in [0, 0.1) is 0 Å². The monoisotopic (exact) mass is 1740 g/mol. The minimum Gasteiger partial charge on any atom is -0.481 e. The van der Waals surface area contributed by atoms with Crippen LogP contribution < -0.4 is 5.32 Å². The molecule has 0 bridgehead atoms. The van der Waals surface area contributed by atoms with Crippen LogP contribution in [0.1, 0.15) is 626 Å². The van der Waals surface area contributed by atoms with Gasteiger partial charge in [-0.2, -0.15) is 8.42 Å². The molecule has 0 spiro atoms. The zero-order chi connectivity index (χ0) is 90.6. The Morgan fingerprint density at radius 2 is 0.331 bits per heavy atom. The molecule has 0 radical (unpaired) electrons. The lowest BCUT2D eigenvalue weighted by molar-refractivity contribution is -0.142. The first kappa shape index (κ1) is 129. The first-order valence-electron chi connectivity index (χ1n) is 53.1. The second-order valence-corrected chi connectivity index (χ2v) is 37.7. The van der Waals surface area contributed by atoms with E-state index in [2.05, 4.69) is 46.9 Å². The third-order valence-electron chi connectivity index (χ3n) is 23.5. The number of unbranched alkanes of at least 4 members (excludes halogenated alkanes) is 77. The van der Waals surface area contributed by atoms with Gasteiger partial charge in [-0.25, -0.2) is 4.79 Å². The van der Waals surface area contributed by atoms with E-state index in [1.54, 1.807) is 0 Å². The van der Waals surface area contributed by atoms with Gasteiger partial charge < -0.3 is 30.8 Å². The number of aliphatic carboxylic acids is 5. The van der Waals surface area contributed by atoms with Gasteiger partial charge in [-0.05, 0) is 44.9 Å². The molecular formula is C105H211NO14S. The van der Waals surface area contributed by atoms with Gasteiger partial charge in [-0.15, -0.1) is 0 Å². The van der Waals surface area contributed by atoms with Gasteiger partial charge in [0.05, 0.1) is 5.75 Å². The molecule has 15 nitrogen and oxygen atoms in total. The summed E-state index contributed by atoms with van der Waals surface area (Å²) in [5, 5.41) is 45.6. The fraction of sp³-hybridized carbons (Fsp3) is 0.943. The van der Waals surface area contributed by atoms with E-state index in [4.69, 9.17) is 30.1 Å². The average molecular weight is 1740 g/mol. The Labute approximate surface area is 752 Å². The zero-order valence-corrected chi connectivity index (χ0v) is 82.6. The SMILES string of the molecule is CCCCCCCCCCCCCC(=O)O.CCCCCCCCCCCCCCCC(=O)NC(CCC)C(=O)O.CCCCCCCCCCCCCCCC(=O)O.CCCCCCCCCCCCCCCCCC(=O)O.CCCCCCCCCCCCCCCCCCCC(=O)O.CCCCCCCCCCCCCCCCS(=O)(=O)O. The smallest absolute Gasteiger partial charge is 0.326 e. The first-order valence-corrected chi connectivity index (χ1v) is 54.7. The highest BCUT2D eigenvalue weighted by Gasteiger charge is 2.18. The number of hydrogen-bond acceptors (Lipinski definition) is 8. The molecule has 0 aromatic rings. The number of carboxylic acid groups (broad SMARTS) is 5. The van der Waals surface area contributed by atoms with Gasteiger partial charge in [0, 0.05) is 32.1 Å². The number of rotatable bonds is 93. The Balaban J connectivity index is -0.000000330. The maximum atomic E-state index is 11.8. The standard InChI is InChI=1S/C21H41NO3.C20H40O2.C18H36O2.C16H34O3S.C16H32O2.C14H28O2/c1-3-5-6-7-8-9-10-11-12-13-14-15-16-18-20(23)22-19(17-4-2)21(24)25;1-2-3-4-5-6-7-8-9-10-11-12-13-14-15-16-17-18-19-20(21)22;1-2-3-4-5-6-7-8-9-10-11-12-13-14-15-16-17-18(19)20;1-2-3-4-5-6-7-8-9-10-11-12-13-14-15-16-20(17,18)19;1-2-3-4-5-6-7-8-9-10-11-12-13-14-15-16(17)18;1-2-3-4-5-6-7-8-9-10-11-12-13-14(15)16/h19H,3-18H2,1-2H3,(H,22,23)(H,24,25);2-19H2,1H3,(H,21,22);2-17H2,1H3,(H,19,20);2-16H2,1H3,(H,17,18,19);2-15H2,1H3,(H,17,18);2-13H2,1H3,(H,15,16). The van der Waals surface area contributed by atoms with Crippen molar-refractivity contribution in [3.8, 4) is 0 Å². The fourth-order valence-corrected chi connectivity index (χ4v) is 16.0. The van der Waals surface area contributed by atoms with E-state index in [0.717, 1.165) is 83.5 Å². The van der Waals surface area contributed by atoms with Crippen molar-refractivity contribution in [1.82, 2.24) is 5.32 Å². The van der Waals surface area contributed by atoms with E-state index < -0.39 is 46.0 Å². The predicted octanol–water partition coefficient (Wildman–Crippen LogP) is 35.0. The second-order valence-electron chi connectivity index (χ2n) is 36.1. The Morgan fingerprint density at radius 3 is 0.455 bits per heavy atom. The van der Waals surface area contributed by atoms with Crippen molar-refractivity contribution in [1.29, 1.82) is 0 Å². The summed E-state index contributed by atoms with van der Waals surface area (Å²) in [6.45, 7) is 15.5. The number of carboxylic acids is 5. The lowest BCUT2D eigenvalue weighted by Crippen LogP contribution is -2.40. The summed E-state index contributed by atoms with van der Waals surface area (Å²) in [5.74, 6) is -3.75. The van der Waals surface area contributed by atoms with E-state index in [-0.39, 0.29) is 11.7 Å². The van der Waals surface area contributed by atoms with Crippen LogP contribution in [0.5, 0.6) is 0 Å². The molecule has 1 atom stereocenters. The van der Waals surface area contributed by atoms with Crippen molar-refractivity contribution in [2.24, 2.45) is 0 Å². The van der Waals surface area contributed by atoms with Crippen LogP contribution in [0.15, 0.2) is 0 Å². The van der Waals surface area contributed by atoms with Crippen LogP contribution >= 0.6 is 0 Å². The summed E-state index contributed by atoms with van der Waals surface area (Å²) in [5.41, 5.74) is 0. The summed E-state index contributed by atoms with van der Waals surface area (Å²) in [7, 11) is -3.74. The van der Waals surface area contributed by atoms with Gasteiger partial charge >= 0.3 is 29.8 Å². The minimum absolute atomic E-state index is 0.0783. The number of nitrogens with one attached hydrogen (secondary N) is 1. The fourth-order valence-electron chi connectivity index (χ4n) is 15.5. The largest absolute Gasteiger partial charge is 0.481 e. The normalized spacial score (nSPS) is 11.2. The first-order chi connectivity index (χ1) is 58.8. The Kier molecular flexibility index (Phi) is 124. The average Bonchev–Trinajstić information content (AvgIpc) is 0.952. The maximum absolute atomic E-state index is 11.8. The zero-order valence-electron chi connectivity index (χ0n) is 81.8. The van der Waals surface area contributed by atoms with E-state index in [0.29, 0.717) is 44.9 Å². The van der Waals surface area contributed by atoms with Crippen molar-refractivity contribution in [2.75, 3.05) is 5.75 Å². The van der Waals surface area contributed by atoms with Gasteiger partial charge in [0.2, 0.25) is 5.91 Å². The Morgan fingerprint density at radius 1 is 0.198 bits per heavy atom. The molecule has 0 fully saturated rings. The Bertz CT molecular complexity index is 2130. The van der Waals surface area contributed by atoms with E-state index in [1.165, 1.54) is 449 Å². The third kappa shape index (κ3) is 143. The van der Waals surface area contributed by atoms with Gasteiger partial charge in [0.1, 0.15) is 6.04 Å². The molecule has 0 aliphatic rings. The highest BCUT2D eigenvalue weighted by molar-refractivity contribution is 7.85. The van der Waals surface area contributed by atoms with Crippen LogP contribution in [-0.2, 0) is 38.9 Å². The van der Waals surface area contributed by atoms with Gasteiger partial charge in [0.15, 0.2) is 0 Å². The molecule has 7 N–H and O–H groups in total. The van der Waals surface area contributed by atoms with Crippen molar-refractivity contribution >= 4 is 45.9 Å². The molecule has 0 saturated heterocycles. The maximum Gasteiger partial charge on any atom is 0.326 e. The highest BCUT2D eigenvalue weighted by atomic mass is 32.2. The number of carbonyl (C=O) groups is 6. The Hall–Kier alpha value is -3.27. The molecule has 0 rings (SSSR count). The van der Waals surface area contributed by atoms with Crippen molar-refractivity contribution in [3.63, 3.8) is 0 Å². The van der Waals surface area contributed by atoms with E-state index >= 15 is 0 Å². The summed E-state index contributed by atoms with van der Waals surface area (Å²) in [6, 6.07) is -0.723. The van der Waals surface area contributed by atoms with Crippen molar-refractivity contribution in [3.05, 3.63) is 0 Å². The highest BCUT2D eigenvalue weighted by Crippen LogP contribution is 2.21. The number of hydrogen-bond donors (Lipinski definition) is 7. The molecule has 0 aliphatic heterocycles. The van der Waals surface area contributed by atoms with Crippen LogP contribution in [0.2, 0.25) is 0 Å². The van der Waals surface area contributed by atoms with Gasteiger partial charge in [0.25, 0.3) is 10.1 Å². The quantitative estimate of drug-likeness (QED) is 0.0221. The minimum atomic E-state index is -3.74. The molecule has 121 heavy (non-hydrogen) atoms. The lowest BCUT2D eigenvalue weighted by atomic mass is 10.0. The van der Waals surface area contributed by atoms with Crippen molar-refractivity contribution in [2.45, 2.75) is 632 Å². The van der Waals surface area contributed by atoms with E-state index in [9.17, 15) is 37.2 Å². The molecule has 0 aromatic carbocycles. The van der Waals surface area contributed by atoms with E-state index in [1.807, 2.05) is 6.92 Å². The summed E-state index contributed by atoms with van der Waals surface area (Å²) in [4.78, 5) is 64.0. The van der Waals surface area contributed by atoms with Crippen molar-refractivity contribution < 1.29 is 67.3 Å². The molecule has 726 valence electrons. The molecular weight excluding hydrogens is 1530 g/mol. The second kappa shape index (κ2) is 117. The number of amides is 1. The molecule has 16 heteroatoms. The molecule has 0 aliphatic carbocycles. The van der Waals surface area contributed by atoms with Crippen LogP contribution in [-0.4, -0.2) is 86.1 Å². The molecule has 0 heterocycles. The number of carbonyl (C=O) groups excluding carboxylic acids is 1. The lowest BCUT2D eigenvalue weighted by Gasteiger charge is -2.13.